The Kier molecular flexibility index (Phi) is 4.88. The molecule has 3 rings (SSSR count). The standard InChI is InChI=1S/C22H19FO/c1-16(17-8-4-2-5-9-17)21(18-10-6-3-7-11-18)22(24)19-12-14-20(23)15-13-19/h2-15,22,24H,1H3/b21-16+/t22-/m1/s1. The first-order chi connectivity index (χ1) is 11.7. The number of rotatable bonds is 4. The van der Waals surface area contributed by atoms with Gasteiger partial charge in [0, 0.05) is 0 Å². The predicted octanol–water partition coefficient (Wildman–Crippen LogP) is 5.49. The Hall–Kier alpha value is -2.71. The molecule has 24 heavy (non-hydrogen) atoms. The van der Waals surface area contributed by atoms with E-state index >= 15 is 0 Å². The molecule has 0 heterocycles. The van der Waals surface area contributed by atoms with E-state index in [1.54, 1.807) is 12.1 Å². The topological polar surface area (TPSA) is 20.2 Å². The van der Waals surface area contributed by atoms with Gasteiger partial charge in [0.25, 0.3) is 0 Å². The Labute approximate surface area is 141 Å². The van der Waals surface area contributed by atoms with E-state index < -0.39 is 6.10 Å². The summed E-state index contributed by atoms with van der Waals surface area (Å²) in [6.45, 7) is 2.00. The van der Waals surface area contributed by atoms with Crippen LogP contribution in [0.3, 0.4) is 0 Å². The van der Waals surface area contributed by atoms with Crippen LogP contribution in [0.4, 0.5) is 4.39 Å². The van der Waals surface area contributed by atoms with E-state index in [1.807, 2.05) is 67.6 Å². The van der Waals surface area contributed by atoms with Crippen molar-refractivity contribution in [3.05, 3.63) is 107 Å². The summed E-state index contributed by atoms with van der Waals surface area (Å²) in [5.74, 6) is -0.309. The lowest BCUT2D eigenvalue weighted by atomic mass is 9.89. The third-order valence-electron chi connectivity index (χ3n) is 4.15. The molecular formula is C22H19FO. The highest BCUT2D eigenvalue weighted by Gasteiger charge is 2.18. The van der Waals surface area contributed by atoms with Crippen molar-refractivity contribution in [2.45, 2.75) is 13.0 Å². The summed E-state index contributed by atoms with van der Waals surface area (Å²) in [7, 11) is 0. The van der Waals surface area contributed by atoms with E-state index in [9.17, 15) is 9.50 Å². The highest BCUT2D eigenvalue weighted by molar-refractivity contribution is 5.92. The molecule has 0 fully saturated rings. The molecule has 0 saturated carbocycles. The number of hydrogen-bond acceptors (Lipinski definition) is 1. The van der Waals surface area contributed by atoms with Gasteiger partial charge in [-0.15, -0.1) is 0 Å². The average Bonchev–Trinajstić information content (AvgIpc) is 2.64. The summed E-state index contributed by atoms with van der Waals surface area (Å²) in [6, 6.07) is 25.8. The summed E-state index contributed by atoms with van der Waals surface area (Å²) in [5.41, 5.74) is 4.51. The molecule has 0 radical (unpaired) electrons. The molecule has 0 aliphatic rings. The SMILES string of the molecule is C/C(=C(/c1ccccc1)[C@H](O)c1ccc(F)cc1)c1ccccc1. The molecule has 0 unspecified atom stereocenters. The van der Waals surface area contributed by atoms with Gasteiger partial charge in [0.15, 0.2) is 0 Å². The predicted molar refractivity (Wildman–Crippen MR) is 96.7 cm³/mol. The zero-order chi connectivity index (χ0) is 16.9. The maximum Gasteiger partial charge on any atom is 0.123 e. The Morgan fingerprint density at radius 3 is 1.79 bits per heavy atom. The molecule has 0 saturated heterocycles. The Morgan fingerprint density at radius 2 is 1.25 bits per heavy atom. The monoisotopic (exact) mass is 318 g/mol. The van der Waals surface area contributed by atoms with Crippen LogP contribution >= 0.6 is 0 Å². The van der Waals surface area contributed by atoms with Crippen molar-refractivity contribution in [3.8, 4) is 0 Å². The number of aliphatic hydroxyl groups is 1. The smallest absolute Gasteiger partial charge is 0.123 e. The summed E-state index contributed by atoms with van der Waals surface area (Å²) >= 11 is 0. The van der Waals surface area contributed by atoms with Crippen molar-refractivity contribution in [3.63, 3.8) is 0 Å². The maximum atomic E-state index is 13.2. The van der Waals surface area contributed by atoms with Gasteiger partial charge in [-0.25, -0.2) is 4.39 Å². The van der Waals surface area contributed by atoms with Gasteiger partial charge in [-0.05, 0) is 46.9 Å². The largest absolute Gasteiger partial charge is 0.384 e. The van der Waals surface area contributed by atoms with Gasteiger partial charge in [0.2, 0.25) is 0 Å². The third-order valence-corrected chi connectivity index (χ3v) is 4.15. The number of halogens is 1. The van der Waals surface area contributed by atoms with E-state index in [-0.39, 0.29) is 5.82 Å². The van der Waals surface area contributed by atoms with Crippen LogP contribution in [-0.4, -0.2) is 5.11 Å². The average molecular weight is 318 g/mol. The lowest BCUT2D eigenvalue weighted by molar-refractivity contribution is 0.238. The number of benzene rings is 3. The van der Waals surface area contributed by atoms with Gasteiger partial charge in [-0.1, -0.05) is 72.8 Å². The quantitative estimate of drug-likeness (QED) is 0.631. The molecule has 1 N–H and O–H groups in total. The molecule has 0 spiro atoms. The molecule has 3 aromatic rings. The van der Waals surface area contributed by atoms with Crippen molar-refractivity contribution < 1.29 is 9.50 Å². The second-order valence-corrected chi connectivity index (χ2v) is 5.72. The van der Waals surface area contributed by atoms with Gasteiger partial charge in [-0.3, -0.25) is 0 Å². The molecule has 0 bridgehead atoms. The number of aliphatic hydroxyl groups excluding tert-OH is 1. The molecule has 0 amide bonds. The molecule has 1 nitrogen and oxygen atoms in total. The Morgan fingerprint density at radius 1 is 0.750 bits per heavy atom. The van der Waals surface area contributed by atoms with E-state index in [2.05, 4.69) is 0 Å². The third kappa shape index (κ3) is 3.44. The van der Waals surface area contributed by atoms with Gasteiger partial charge in [0.1, 0.15) is 11.9 Å². The summed E-state index contributed by atoms with van der Waals surface area (Å²) in [6.07, 6.45) is -0.826. The van der Waals surface area contributed by atoms with Crippen molar-refractivity contribution in [1.29, 1.82) is 0 Å². The van der Waals surface area contributed by atoms with Crippen molar-refractivity contribution in [2.24, 2.45) is 0 Å². The van der Waals surface area contributed by atoms with Crippen LogP contribution in [0.15, 0.2) is 84.9 Å². The van der Waals surface area contributed by atoms with Gasteiger partial charge < -0.3 is 5.11 Å². The zero-order valence-electron chi connectivity index (χ0n) is 13.5. The van der Waals surface area contributed by atoms with Crippen molar-refractivity contribution in [1.82, 2.24) is 0 Å². The lowest BCUT2D eigenvalue weighted by Crippen LogP contribution is -2.03. The minimum atomic E-state index is -0.826. The minimum Gasteiger partial charge on any atom is -0.384 e. The van der Waals surface area contributed by atoms with E-state index in [0.29, 0.717) is 5.56 Å². The highest BCUT2D eigenvalue weighted by atomic mass is 19.1. The normalized spacial score (nSPS) is 13.3. The van der Waals surface area contributed by atoms with Crippen LogP contribution in [0.1, 0.15) is 29.7 Å². The number of allylic oxidation sites excluding steroid dienone is 1. The summed E-state index contributed by atoms with van der Waals surface area (Å²) < 4.78 is 13.2. The highest BCUT2D eigenvalue weighted by Crippen LogP contribution is 2.36. The molecular weight excluding hydrogens is 299 g/mol. The van der Waals surface area contributed by atoms with Crippen LogP contribution in [-0.2, 0) is 0 Å². The molecule has 120 valence electrons. The molecule has 0 aliphatic carbocycles. The first-order valence-corrected chi connectivity index (χ1v) is 7.92. The molecule has 2 heteroatoms. The molecule has 0 aromatic heterocycles. The first kappa shape index (κ1) is 16.2. The minimum absolute atomic E-state index is 0.309. The summed E-state index contributed by atoms with van der Waals surface area (Å²) in [5, 5.41) is 11.0. The van der Waals surface area contributed by atoms with E-state index in [1.165, 1.54) is 12.1 Å². The fourth-order valence-corrected chi connectivity index (χ4v) is 2.85. The molecule has 0 aliphatic heterocycles. The van der Waals surface area contributed by atoms with Crippen molar-refractivity contribution in [2.75, 3.05) is 0 Å². The van der Waals surface area contributed by atoms with Gasteiger partial charge in [-0.2, -0.15) is 0 Å². The molecule has 3 aromatic carbocycles. The fourth-order valence-electron chi connectivity index (χ4n) is 2.85. The number of hydrogen-bond donors (Lipinski definition) is 1. The van der Waals surface area contributed by atoms with Crippen LogP contribution in [0.5, 0.6) is 0 Å². The maximum absolute atomic E-state index is 13.2. The first-order valence-electron chi connectivity index (χ1n) is 7.92. The molecule has 1 atom stereocenters. The Bertz CT molecular complexity index is 821. The van der Waals surface area contributed by atoms with E-state index in [4.69, 9.17) is 0 Å². The van der Waals surface area contributed by atoms with Crippen LogP contribution < -0.4 is 0 Å². The van der Waals surface area contributed by atoms with Crippen molar-refractivity contribution >= 4 is 11.1 Å². The van der Waals surface area contributed by atoms with Crippen LogP contribution in [0, 0.1) is 5.82 Å². The zero-order valence-corrected chi connectivity index (χ0v) is 13.5. The lowest BCUT2D eigenvalue weighted by Gasteiger charge is -2.20. The fraction of sp³-hybridized carbons (Fsp3) is 0.0909. The second-order valence-electron chi connectivity index (χ2n) is 5.72. The van der Waals surface area contributed by atoms with Gasteiger partial charge >= 0.3 is 0 Å². The summed E-state index contributed by atoms with van der Waals surface area (Å²) in [4.78, 5) is 0. The van der Waals surface area contributed by atoms with Crippen LogP contribution in [0.2, 0.25) is 0 Å². The van der Waals surface area contributed by atoms with Gasteiger partial charge in [0.05, 0.1) is 0 Å². The second kappa shape index (κ2) is 7.24. The van der Waals surface area contributed by atoms with E-state index in [0.717, 1.165) is 22.3 Å². The Balaban J connectivity index is 2.14. The van der Waals surface area contributed by atoms with Crippen LogP contribution in [0.25, 0.3) is 11.1 Å².